The summed E-state index contributed by atoms with van der Waals surface area (Å²) in [6.45, 7) is 3.33. The summed E-state index contributed by atoms with van der Waals surface area (Å²) in [6.07, 6.45) is 1.48. The van der Waals surface area contributed by atoms with Gasteiger partial charge in [0, 0.05) is 17.8 Å². The predicted molar refractivity (Wildman–Crippen MR) is 64.6 cm³/mol. The molecule has 0 spiro atoms. The summed E-state index contributed by atoms with van der Waals surface area (Å²) < 4.78 is 0. The number of nitrogens with two attached hydrogens (primary N) is 1. The number of anilines is 1. The summed E-state index contributed by atoms with van der Waals surface area (Å²) in [5, 5.41) is 8.70. The quantitative estimate of drug-likeness (QED) is 0.587. The van der Waals surface area contributed by atoms with E-state index in [0.717, 1.165) is 0 Å². The smallest absolute Gasteiger partial charge is 0.323 e. The molecule has 0 aromatic heterocycles. The summed E-state index contributed by atoms with van der Waals surface area (Å²) in [6, 6.07) is 6.32. The summed E-state index contributed by atoms with van der Waals surface area (Å²) >= 11 is 0. The number of benzene rings is 1. The van der Waals surface area contributed by atoms with Gasteiger partial charge >= 0.3 is 5.97 Å². The zero-order valence-corrected chi connectivity index (χ0v) is 9.30. The molecule has 1 rings (SSSR count). The number of amides is 1. The minimum Gasteiger partial charge on any atom is -0.480 e. The number of carboxylic acids is 1. The van der Waals surface area contributed by atoms with Gasteiger partial charge in [0.25, 0.3) is 5.91 Å². The molecule has 1 amide bonds. The van der Waals surface area contributed by atoms with Gasteiger partial charge in [0.1, 0.15) is 6.54 Å². The molecule has 0 radical (unpaired) electrons. The van der Waals surface area contributed by atoms with Crippen LogP contribution in [0.15, 0.2) is 36.9 Å². The molecule has 0 bridgehead atoms. The van der Waals surface area contributed by atoms with E-state index in [9.17, 15) is 9.59 Å². The highest BCUT2D eigenvalue weighted by molar-refractivity contribution is 5.96. The van der Waals surface area contributed by atoms with Crippen LogP contribution in [0.3, 0.4) is 0 Å². The summed E-state index contributed by atoms with van der Waals surface area (Å²) in [4.78, 5) is 23.8. The van der Waals surface area contributed by atoms with Crippen LogP contribution >= 0.6 is 0 Å². The first kappa shape index (κ1) is 12.8. The lowest BCUT2D eigenvalue weighted by atomic mass is 10.2. The van der Waals surface area contributed by atoms with Crippen molar-refractivity contribution in [3.8, 4) is 0 Å². The molecule has 0 heterocycles. The fourth-order valence-electron chi connectivity index (χ4n) is 1.35. The number of rotatable bonds is 5. The summed E-state index contributed by atoms with van der Waals surface area (Å²) in [5.74, 6) is -1.41. The van der Waals surface area contributed by atoms with Crippen LogP contribution in [0, 0.1) is 0 Å². The number of nitrogens with zero attached hydrogens (tertiary/aromatic N) is 1. The average molecular weight is 234 g/mol. The molecule has 5 nitrogen and oxygen atoms in total. The summed E-state index contributed by atoms with van der Waals surface area (Å²) in [5.41, 5.74) is 6.46. The van der Waals surface area contributed by atoms with Crippen molar-refractivity contribution in [2.45, 2.75) is 0 Å². The van der Waals surface area contributed by atoms with Crippen LogP contribution in [-0.4, -0.2) is 35.0 Å². The van der Waals surface area contributed by atoms with Crippen molar-refractivity contribution in [1.82, 2.24) is 4.90 Å². The highest BCUT2D eigenvalue weighted by Crippen LogP contribution is 2.08. The van der Waals surface area contributed by atoms with Crippen LogP contribution in [-0.2, 0) is 4.79 Å². The van der Waals surface area contributed by atoms with Crippen LogP contribution in [0.2, 0.25) is 0 Å². The third kappa shape index (κ3) is 3.64. The predicted octanol–water partition coefficient (Wildman–Crippen LogP) is 0.982. The molecule has 17 heavy (non-hydrogen) atoms. The lowest BCUT2D eigenvalue weighted by molar-refractivity contribution is -0.137. The van der Waals surface area contributed by atoms with Gasteiger partial charge in [0.05, 0.1) is 0 Å². The number of aliphatic carboxylic acids is 1. The van der Waals surface area contributed by atoms with E-state index >= 15 is 0 Å². The number of hydrogen-bond acceptors (Lipinski definition) is 3. The van der Waals surface area contributed by atoms with Crippen molar-refractivity contribution in [2.75, 3.05) is 18.8 Å². The Labute approximate surface area is 99.1 Å². The van der Waals surface area contributed by atoms with Crippen molar-refractivity contribution in [2.24, 2.45) is 0 Å². The third-order valence-electron chi connectivity index (χ3n) is 2.12. The van der Waals surface area contributed by atoms with Crippen molar-refractivity contribution in [1.29, 1.82) is 0 Å². The monoisotopic (exact) mass is 234 g/mol. The Kier molecular flexibility index (Phi) is 4.28. The van der Waals surface area contributed by atoms with Crippen molar-refractivity contribution in [3.63, 3.8) is 0 Å². The zero-order valence-electron chi connectivity index (χ0n) is 9.30. The zero-order chi connectivity index (χ0) is 12.8. The van der Waals surface area contributed by atoms with Gasteiger partial charge in [-0.05, 0) is 24.3 Å². The van der Waals surface area contributed by atoms with Crippen LogP contribution in [0.5, 0.6) is 0 Å². The molecule has 3 N–H and O–H groups in total. The van der Waals surface area contributed by atoms with Gasteiger partial charge in [-0.1, -0.05) is 6.08 Å². The maximum absolute atomic E-state index is 12.0. The Balaban J connectivity index is 2.86. The van der Waals surface area contributed by atoms with Gasteiger partial charge in [-0.15, -0.1) is 6.58 Å². The van der Waals surface area contributed by atoms with E-state index in [-0.39, 0.29) is 19.0 Å². The largest absolute Gasteiger partial charge is 0.480 e. The highest BCUT2D eigenvalue weighted by atomic mass is 16.4. The second-order valence-corrected chi connectivity index (χ2v) is 3.49. The first-order valence-electron chi connectivity index (χ1n) is 5.02. The molecule has 0 saturated carbocycles. The van der Waals surface area contributed by atoms with Crippen molar-refractivity contribution >= 4 is 17.6 Å². The fraction of sp³-hybridized carbons (Fsp3) is 0.167. The molecule has 0 aliphatic heterocycles. The molecule has 0 fully saturated rings. The molecule has 0 saturated heterocycles. The molecule has 1 aromatic rings. The Morgan fingerprint density at radius 3 is 2.41 bits per heavy atom. The molecule has 0 unspecified atom stereocenters. The number of carbonyl (C=O) groups excluding carboxylic acids is 1. The minimum atomic E-state index is -1.06. The first-order valence-corrected chi connectivity index (χ1v) is 5.02. The Bertz CT molecular complexity index is 426. The number of carboxylic acid groups (broad SMARTS) is 1. The molecular formula is C12H14N2O3. The first-order chi connectivity index (χ1) is 8.04. The number of carbonyl (C=O) groups is 2. The lowest BCUT2D eigenvalue weighted by Crippen LogP contribution is -2.35. The molecule has 0 atom stereocenters. The molecule has 0 aliphatic carbocycles. The maximum Gasteiger partial charge on any atom is 0.323 e. The standard InChI is InChI=1S/C12H14N2O3/c1-2-7-14(8-11(15)16)12(17)9-3-5-10(13)6-4-9/h2-6H,1,7-8,13H2,(H,15,16). The SMILES string of the molecule is C=CCN(CC(=O)O)C(=O)c1ccc(N)cc1. The third-order valence-corrected chi connectivity index (χ3v) is 2.12. The average Bonchev–Trinajstić information content (AvgIpc) is 2.28. The Hall–Kier alpha value is -2.30. The molecular weight excluding hydrogens is 220 g/mol. The van der Waals surface area contributed by atoms with E-state index in [0.29, 0.717) is 11.3 Å². The Morgan fingerprint density at radius 2 is 1.94 bits per heavy atom. The molecule has 0 aliphatic rings. The van der Waals surface area contributed by atoms with E-state index in [2.05, 4.69) is 6.58 Å². The summed E-state index contributed by atoms with van der Waals surface area (Å²) in [7, 11) is 0. The molecule has 5 heteroatoms. The van der Waals surface area contributed by atoms with Crippen LogP contribution in [0.1, 0.15) is 10.4 Å². The van der Waals surface area contributed by atoms with E-state index in [1.165, 1.54) is 11.0 Å². The van der Waals surface area contributed by atoms with E-state index in [4.69, 9.17) is 10.8 Å². The molecule has 90 valence electrons. The topological polar surface area (TPSA) is 83.6 Å². The van der Waals surface area contributed by atoms with Gasteiger partial charge in [0.2, 0.25) is 0 Å². The van der Waals surface area contributed by atoms with Gasteiger partial charge in [0.15, 0.2) is 0 Å². The maximum atomic E-state index is 12.0. The fourth-order valence-corrected chi connectivity index (χ4v) is 1.35. The van der Waals surface area contributed by atoms with Crippen molar-refractivity contribution < 1.29 is 14.7 Å². The van der Waals surface area contributed by atoms with E-state index < -0.39 is 5.97 Å². The van der Waals surface area contributed by atoms with Gasteiger partial charge in [-0.3, -0.25) is 9.59 Å². The number of hydrogen-bond donors (Lipinski definition) is 2. The second kappa shape index (κ2) is 5.69. The van der Waals surface area contributed by atoms with Gasteiger partial charge in [-0.25, -0.2) is 0 Å². The highest BCUT2D eigenvalue weighted by Gasteiger charge is 2.16. The second-order valence-electron chi connectivity index (χ2n) is 3.49. The minimum absolute atomic E-state index is 0.190. The van der Waals surface area contributed by atoms with Crippen molar-refractivity contribution in [3.05, 3.63) is 42.5 Å². The Morgan fingerprint density at radius 1 is 1.35 bits per heavy atom. The van der Waals surface area contributed by atoms with Crippen LogP contribution in [0.4, 0.5) is 5.69 Å². The lowest BCUT2D eigenvalue weighted by Gasteiger charge is -2.18. The normalized spacial score (nSPS) is 9.65. The van der Waals surface area contributed by atoms with Gasteiger partial charge in [-0.2, -0.15) is 0 Å². The van der Waals surface area contributed by atoms with Gasteiger partial charge < -0.3 is 15.7 Å². The number of nitrogen functional groups attached to an aromatic ring is 1. The molecule has 1 aromatic carbocycles. The van der Waals surface area contributed by atoms with Crippen LogP contribution < -0.4 is 5.73 Å². The van der Waals surface area contributed by atoms with E-state index in [1.54, 1.807) is 24.3 Å². The van der Waals surface area contributed by atoms with Crippen LogP contribution in [0.25, 0.3) is 0 Å². The van der Waals surface area contributed by atoms with E-state index in [1.807, 2.05) is 0 Å².